The minimum atomic E-state index is -1.20. The first kappa shape index (κ1) is 9.98. The van der Waals surface area contributed by atoms with Crippen LogP contribution in [0.3, 0.4) is 0 Å². The molecule has 0 aromatic rings. The van der Waals surface area contributed by atoms with E-state index in [-0.39, 0.29) is 0 Å². The van der Waals surface area contributed by atoms with Crippen LogP contribution in [-0.2, 0) is 0 Å². The zero-order valence-corrected chi connectivity index (χ0v) is 8.27. The van der Waals surface area contributed by atoms with Crippen molar-refractivity contribution in [1.29, 1.82) is 0 Å². The molecular weight excluding hydrogens is 172 g/mol. The van der Waals surface area contributed by atoms with Gasteiger partial charge in [-0.3, -0.25) is 5.21 Å². The zero-order valence-electron chi connectivity index (χ0n) is 8.27. The molecule has 1 aliphatic heterocycles. The number of hydrogen-bond acceptors (Lipinski definition) is 3. The Bertz CT molecular complexity index is 305. The first-order valence-electron chi connectivity index (χ1n) is 4.11. The van der Waals surface area contributed by atoms with Crippen molar-refractivity contribution in [2.24, 2.45) is 0 Å². The van der Waals surface area contributed by atoms with Gasteiger partial charge >= 0.3 is 6.23 Å². The first-order valence-corrected chi connectivity index (χ1v) is 4.11. The van der Waals surface area contributed by atoms with Gasteiger partial charge in [0.2, 0.25) is 0 Å². The van der Waals surface area contributed by atoms with Crippen LogP contribution in [0.2, 0.25) is 0 Å². The van der Waals surface area contributed by atoms with Crippen LogP contribution < -0.4 is 0 Å². The molecule has 0 saturated carbocycles. The molecule has 0 fully saturated rings. The smallest absolute Gasteiger partial charge is 0.368 e. The number of rotatable bonds is 0. The summed E-state index contributed by atoms with van der Waals surface area (Å²) in [6.07, 6.45) is -1.20. The largest absolute Gasteiger partial charge is 0.623 e. The lowest BCUT2D eigenvalue weighted by Crippen LogP contribution is -2.57. The van der Waals surface area contributed by atoms with Crippen LogP contribution in [0.25, 0.3) is 0 Å². The third kappa shape index (κ3) is 1.19. The summed E-state index contributed by atoms with van der Waals surface area (Å²) in [5, 5.41) is 30.6. The Morgan fingerprint density at radius 2 is 1.77 bits per heavy atom. The second-order valence-corrected chi connectivity index (χ2v) is 3.84. The van der Waals surface area contributed by atoms with E-state index in [1.807, 2.05) is 0 Å². The molecule has 2 N–H and O–H groups in total. The van der Waals surface area contributed by atoms with Crippen LogP contribution in [0.15, 0.2) is 0 Å². The summed E-state index contributed by atoms with van der Waals surface area (Å²) in [5.74, 6) is 0. The zero-order chi connectivity index (χ0) is 10.4. The van der Waals surface area contributed by atoms with Gasteiger partial charge in [0.1, 0.15) is 0 Å². The Morgan fingerprint density at radius 3 is 2.23 bits per heavy atom. The summed E-state index contributed by atoms with van der Waals surface area (Å²) in [4.78, 5) is 0. The van der Waals surface area contributed by atoms with Crippen molar-refractivity contribution in [2.45, 2.75) is 39.5 Å². The summed E-state index contributed by atoms with van der Waals surface area (Å²) < 4.78 is 1.45. The average Bonchev–Trinajstić information content (AvgIpc) is 2.09. The van der Waals surface area contributed by atoms with Crippen LogP contribution in [0.5, 0.6) is 0 Å². The van der Waals surface area contributed by atoms with Gasteiger partial charge in [-0.05, 0) is 0 Å². The Kier molecular flexibility index (Phi) is 2.07. The van der Waals surface area contributed by atoms with E-state index in [4.69, 9.17) is 0 Å². The maximum absolute atomic E-state index is 11.6. The molecule has 0 spiro atoms. The molecule has 0 amide bonds. The Hall–Kier alpha value is -1.10. The van der Waals surface area contributed by atoms with E-state index in [9.17, 15) is 15.5 Å². The number of hydrogen-bond donors (Lipinski definition) is 2. The molecule has 74 valence electrons. The average molecular weight is 187 g/mol. The normalized spacial score (nSPS) is 28.2. The summed E-state index contributed by atoms with van der Waals surface area (Å²) in [6, 6.07) is 0. The van der Waals surface area contributed by atoms with E-state index in [0.29, 0.717) is 11.4 Å². The number of hydroxylamine groups is 2. The van der Waals surface area contributed by atoms with Gasteiger partial charge in [-0.2, -0.15) is 4.74 Å². The van der Waals surface area contributed by atoms with E-state index >= 15 is 0 Å². The molecule has 1 aliphatic rings. The lowest BCUT2D eigenvalue weighted by Gasteiger charge is -2.28. The van der Waals surface area contributed by atoms with Crippen LogP contribution in [-0.4, -0.2) is 43.0 Å². The van der Waals surface area contributed by atoms with Gasteiger partial charge in [-0.1, -0.05) is 0 Å². The number of aliphatic hydroxyl groups is 1. The molecule has 5 heteroatoms. The monoisotopic (exact) mass is 187 g/mol. The molecule has 0 aliphatic carbocycles. The van der Waals surface area contributed by atoms with Crippen molar-refractivity contribution < 1.29 is 19.8 Å². The highest BCUT2D eigenvalue weighted by Gasteiger charge is 2.51. The first-order chi connectivity index (χ1) is 5.80. The molecule has 5 nitrogen and oxygen atoms in total. The van der Waals surface area contributed by atoms with Gasteiger partial charge in [-0.15, -0.1) is 0 Å². The quantitative estimate of drug-likeness (QED) is 0.317. The molecule has 0 unspecified atom stereocenters. The predicted molar refractivity (Wildman–Crippen MR) is 47.1 cm³/mol. The number of aliphatic hydroxyl groups excluding tert-OH is 1. The standard InChI is InChI=1S/C8H15N2O3/c1-5-6(2)10(13)8(3,4)7(11)9(5)12/h7,11-12H,1-4H3/q+1/t7-/m1/s1. The van der Waals surface area contributed by atoms with Crippen molar-refractivity contribution in [3.63, 3.8) is 0 Å². The minimum Gasteiger partial charge on any atom is -0.623 e. The van der Waals surface area contributed by atoms with Crippen molar-refractivity contribution in [3.05, 3.63) is 5.21 Å². The van der Waals surface area contributed by atoms with Crippen molar-refractivity contribution in [3.8, 4) is 0 Å². The summed E-state index contributed by atoms with van der Waals surface area (Å²) >= 11 is 0. The predicted octanol–water partition coefficient (Wildman–Crippen LogP) is -0.0692. The van der Waals surface area contributed by atoms with E-state index in [0.717, 1.165) is 9.48 Å². The number of nitrogens with zero attached hydrogens (tertiary/aromatic N) is 2. The molecule has 1 heterocycles. The topological polar surface area (TPSA) is 69.5 Å². The Labute approximate surface area is 76.8 Å². The fourth-order valence-corrected chi connectivity index (χ4v) is 1.33. The summed E-state index contributed by atoms with van der Waals surface area (Å²) in [6.45, 7) is 6.34. The minimum absolute atomic E-state index is 0.377. The molecular formula is C8H15N2O3+. The van der Waals surface area contributed by atoms with E-state index in [1.165, 1.54) is 0 Å². The van der Waals surface area contributed by atoms with Crippen LogP contribution in [0.4, 0.5) is 0 Å². The molecule has 1 rings (SSSR count). The molecule has 0 aromatic carbocycles. The van der Waals surface area contributed by atoms with Gasteiger partial charge in [0, 0.05) is 32.4 Å². The third-order valence-electron chi connectivity index (χ3n) is 2.56. The van der Waals surface area contributed by atoms with E-state index in [1.54, 1.807) is 27.7 Å². The van der Waals surface area contributed by atoms with Crippen molar-refractivity contribution in [2.75, 3.05) is 0 Å². The second-order valence-electron chi connectivity index (χ2n) is 3.84. The van der Waals surface area contributed by atoms with E-state index in [2.05, 4.69) is 0 Å². The Balaban J connectivity index is 3.32. The van der Waals surface area contributed by atoms with Crippen molar-refractivity contribution in [1.82, 2.24) is 0 Å². The molecule has 13 heavy (non-hydrogen) atoms. The lowest BCUT2D eigenvalue weighted by atomic mass is 10.0. The third-order valence-corrected chi connectivity index (χ3v) is 2.56. The van der Waals surface area contributed by atoms with E-state index < -0.39 is 11.8 Å². The van der Waals surface area contributed by atoms with Gasteiger partial charge in [0.15, 0.2) is 0 Å². The fourth-order valence-electron chi connectivity index (χ4n) is 1.33. The highest BCUT2D eigenvalue weighted by Crippen LogP contribution is 2.18. The summed E-state index contributed by atoms with van der Waals surface area (Å²) in [5.41, 5.74) is -0.238. The highest BCUT2D eigenvalue weighted by atomic mass is 16.5. The maximum atomic E-state index is 11.6. The molecule has 0 bridgehead atoms. The lowest BCUT2D eigenvalue weighted by molar-refractivity contribution is -0.854. The summed E-state index contributed by atoms with van der Waals surface area (Å²) in [7, 11) is 0. The van der Waals surface area contributed by atoms with Gasteiger partial charge in [0.25, 0.3) is 17.0 Å². The fraction of sp³-hybridized carbons (Fsp3) is 0.750. The SMILES string of the molecule is CC1=[N+](O)[C@H](O)C(C)(C)[N+]([O-])=C1C. The second kappa shape index (κ2) is 2.70. The maximum Gasteiger partial charge on any atom is 0.368 e. The highest BCUT2D eigenvalue weighted by molar-refractivity contribution is 6.36. The van der Waals surface area contributed by atoms with Gasteiger partial charge < -0.3 is 10.3 Å². The molecule has 0 saturated heterocycles. The van der Waals surface area contributed by atoms with Crippen LogP contribution in [0.1, 0.15) is 27.7 Å². The molecule has 0 aromatic heterocycles. The van der Waals surface area contributed by atoms with Gasteiger partial charge in [0.05, 0.1) is 0 Å². The van der Waals surface area contributed by atoms with Crippen LogP contribution in [0, 0.1) is 5.21 Å². The van der Waals surface area contributed by atoms with Gasteiger partial charge in [-0.25, -0.2) is 0 Å². The molecule has 1 atom stereocenters. The molecule has 0 radical (unpaired) electrons. The van der Waals surface area contributed by atoms with Crippen LogP contribution >= 0.6 is 0 Å². The Morgan fingerprint density at radius 1 is 1.31 bits per heavy atom. The van der Waals surface area contributed by atoms with Crippen molar-refractivity contribution >= 4 is 11.4 Å².